The Labute approximate surface area is 202 Å². The fraction of sp³-hybridized carbons (Fsp3) is 0.680. The van der Waals surface area contributed by atoms with Crippen LogP contribution in [0.15, 0.2) is 24.5 Å². The third kappa shape index (κ3) is 3.01. The molecule has 2 bridgehead atoms. The van der Waals surface area contributed by atoms with Gasteiger partial charge < -0.3 is 4.90 Å². The SMILES string of the molecule is CC(C)n1nc(-c2cncc(C(F)(F)F)c2)cc1[C@@]12C3[C@H](N4CCC5(CC4)CS(=O)(=O)C5)C[C@H]1[C@@H]32. The third-order valence-electron chi connectivity index (χ3n) is 9.64. The first-order valence-corrected chi connectivity index (χ1v) is 14.3. The predicted molar refractivity (Wildman–Crippen MR) is 123 cm³/mol. The molecule has 6 fully saturated rings. The normalized spacial score (nSPS) is 36.3. The van der Waals surface area contributed by atoms with Gasteiger partial charge in [0.1, 0.15) is 0 Å². The average Bonchev–Trinajstić information content (AvgIpc) is 3.33. The molecule has 2 saturated heterocycles. The van der Waals surface area contributed by atoms with Gasteiger partial charge in [0.25, 0.3) is 0 Å². The van der Waals surface area contributed by atoms with E-state index in [-0.39, 0.29) is 16.9 Å². The Morgan fingerprint density at radius 3 is 2.40 bits per heavy atom. The van der Waals surface area contributed by atoms with Crippen LogP contribution in [0, 0.1) is 23.2 Å². The molecule has 4 aliphatic carbocycles. The summed E-state index contributed by atoms with van der Waals surface area (Å²) < 4.78 is 65.2. The van der Waals surface area contributed by atoms with Crippen molar-refractivity contribution in [1.29, 1.82) is 0 Å². The number of hydrogen-bond acceptors (Lipinski definition) is 5. The lowest BCUT2D eigenvalue weighted by atomic mass is 9.80. The molecule has 8 rings (SSSR count). The highest BCUT2D eigenvalue weighted by atomic mass is 32.2. The van der Waals surface area contributed by atoms with E-state index >= 15 is 0 Å². The van der Waals surface area contributed by atoms with Crippen LogP contribution in [-0.2, 0) is 21.4 Å². The van der Waals surface area contributed by atoms with E-state index in [9.17, 15) is 21.6 Å². The molecule has 5 atom stereocenters. The molecule has 2 aromatic rings. The first kappa shape index (κ1) is 22.3. The van der Waals surface area contributed by atoms with Crippen LogP contribution in [-0.4, -0.2) is 58.7 Å². The van der Waals surface area contributed by atoms with Crippen molar-refractivity contribution >= 4 is 9.84 Å². The summed E-state index contributed by atoms with van der Waals surface area (Å²) in [5.41, 5.74) is 1.50. The van der Waals surface area contributed by atoms with Crippen molar-refractivity contribution in [2.75, 3.05) is 24.6 Å². The molecular formula is C25H29F3N4O2S. The van der Waals surface area contributed by atoms with Crippen LogP contribution in [0.3, 0.4) is 0 Å². The molecule has 1 unspecified atom stereocenters. The number of fused-ring (bicyclic) bond motifs is 1. The summed E-state index contributed by atoms with van der Waals surface area (Å²) >= 11 is 0. The van der Waals surface area contributed by atoms with Crippen molar-refractivity contribution in [3.8, 4) is 11.3 Å². The second kappa shape index (κ2) is 6.68. The Kier molecular flexibility index (Phi) is 4.25. The van der Waals surface area contributed by atoms with Crippen LogP contribution >= 0.6 is 0 Å². The minimum absolute atomic E-state index is 0.0194. The largest absolute Gasteiger partial charge is 0.417 e. The Bertz CT molecular complexity index is 1310. The number of likely N-dealkylation sites (tertiary alicyclic amines) is 1. The van der Waals surface area contributed by atoms with Crippen molar-refractivity contribution in [2.24, 2.45) is 23.2 Å². The minimum atomic E-state index is -4.44. The molecule has 10 heteroatoms. The van der Waals surface area contributed by atoms with Gasteiger partial charge in [-0.2, -0.15) is 18.3 Å². The summed E-state index contributed by atoms with van der Waals surface area (Å²) in [4.78, 5) is 6.43. The molecule has 6 aliphatic rings. The topological polar surface area (TPSA) is 68.1 Å². The Morgan fingerprint density at radius 1 is 1.09 bits per heavy atom. The number of halogens is 3. The number of alkyl halides is 3. The molecule has 0 radical (unpaired) electrons. The molecule has 4 saturated carbocycles. The van der Waals surface area contributed by atoms with E-state index in [2.05, 4.69) is 23.7 Å². The van der Waals surface area contributed by atoms with Crippen molar-refractivity contribution in [3.63, 3.8) is 0 Å². The number of nitrogens with zero attached hydrogens (tertiary/aromatic N) is 4. The standard InChI is InChI=1S/C25H29F3N4O2S/c1-14(2)32-20(9-18(30-32)15-7-16(11-29-10-15)25(26,27)28)24-17-8-19(22(24)21(17)24)31-5-3-23(4-6-31)12-35(33,34)13-23/h7,9-11,14,17,19,21-22H,3-6,8,12-13H2,1-2H3/t17-,19+,21-,22?,24-/m0/s1. The monoisotopic (exact) mass is 506 g/mol. The maximum Gasteiger partial charge on any atom is 0.417 e. The lowest BCUT2D eigenvalue weighted by Crippen LogP contribution is -2.56. The van der Waals surface area contributed by atoms with Gasteiger partial charge in [-0.05, 0) is 76.1 Å². The Balaban J connectivity index is 1.13. The highest BCUT2D eigenvalue weighted by Gasteiger charge is 2.93. The Morgan fingerprint density at radius 2 is 1.80 bits per heavy atom. The first-order valence-electron chi connectivity index (χ1n) is 12.5. The summed E-state index contributed by atoms with van der Waals surface area (Å²) in [5.74, 6) is 2.57. The van der Waals surface area contributed by atoms with Gasteiger partial charge in [-0.1, -0.05) is 0 Å². The molecule has 6 nitrogen and oxygen atoms in total. The molecular weight excluding hydrogens is 477 g/mol. The summed E-state index contributed by atoms with van der Waals surface area (Å²) in [6.07, 6.45) is 0.967. The maximum absolute atomic E-state index is 13.2. The number of aromatic nitrogens is 3. The maximum atomic E-state index is 13.2. The molecule has 0 amide bonds. The van der Waals surface area contributed by atoms with Crippen LogP contribution in [0.4, 0.5) is 13.2 Å². The van der Waals surface area contributed by atoms with E-state index in [0.717, 1.165) is 44.6 Å². The highest BCUT2D eigenvalue weighted by molar-refractivity contribution is 7.92. The number of sulfone groups is 1. The minimum Gasteiger partial charge on any atom is -0.300 e. The lowest BCUT2D eigenvalue weighted by molar-refractivity contribution is -0.137. The van der Waals surface area contributed by atoms with Crippen LogP contribution in [0.25, 0.3) is 11.3 Å². The zero-order chi connectivity index (χ0) is 24.5. The van der Waals surface area contributed by atoms with Gasteiger partial charge in [-0.3, -0.25) is 9.67 Å². The predicted octanol–water partition coefficient (Wildman–Crippen LogP) is 3.94. The fourth-order valence-corrected chi connectivity index (χ4v) is 10.4. The average molecular weight is 507 g/mol. The van der Waals surface area contributed by atoms with Gasteiger partial charge in [0, 0.05) is 46.6 Å². The molecule has 1 spiro atoms. The van der Waals surface area contributed by atoms with Crippen molar-refractivity contribution in [2.45, 2.75) is 56.8 Å². The Hall–Kier alpha value is -1.94. The van der Waals surface area contributed by atoms with E-state index in [1.165, 1.54) is 11.9 Å². The summed E-state index contributed by atoms with van der Waals surface area (Å²) in [6.45, 7) is 6.07. The van der Waals surface area contributed by atoms with E-state index < -0.39 is 21.6 Å². The molecule has 0 N–H and O–H groups in total. The second-order valence-electron chi connectivity index (χ2n) is 11.9. The van der Waals surface area contributed by atoms with E-state index in [4.69, 9.17) is 5.10 Å². The smallest absolute Gasteiger partial charge is 0.300 e. The van der Waals surface area contributed by atoms with Gasteiger partial charge in [-0.25, -0.2) is 8.42 Å². The number of pyridine rings is 1. The third-order valence-corrected chi connectivity index (χ3v) is 11.7. The number of hydrogen-bond donors (Lipinski definition) is 0. The van der Waals surface area contributed by atoms with Crippen LogP contribution in [0.1, 0.15) is 50.4 Å². The molecule has 0 aromatic carbocycles. The molecule has 188 valence electrons. The number of piperidine rings is 1. The fourth-order valence-electron chi connectivity index (χ4n) is 8.07. The zero-order valence-electron chi connectivity index (χ0n) is 19.8. The highest BCUT2D eigenvalue weighted by Crippen LogP contribution is 2.91. The molecule has 4 heterocycles. The molecule has 35 heavy (non-hydrogen) atoms. The number of rotatable bonds is 4. The van der Waals surface area contributed by atoms with Gasteiger partial charge in [0.05, 0.1) is 22.8 Å². The molecule has 2 aromatic heterocycles. The van der Waals surface area contributed by atoms with Crippen LogP contribution < -0.4 is 0 Å². The van der Waals surface area contributed by atoms with E-state index in [1.54, 1.807) is 0 Å². The van der Waals surface area contributed by atoms with Gasteiger partial charge >= 0.3 is 6.18 Å². The van der Waals surface area contributed by atoms with Crippen molar-refractivity contribution in [1.82, 2.24) is 19.7 Å². The van der Waals surface area contributed by atoms with E-state index in [0.29, 0.717) is 46.6 Å². The second-order valence-corrected chi connectivity index (χ2v) is 13.9. The van der Waals surface area contributed by atoms with Gasteiger partial charge in [0.2, 0.25) is 0 Å². The summed E-state index contributed by atoms with van der Waals surface area (Å²) in [7, 11) is -2.81. The van der Waals surface area contributed by atoms with Gasteiger partial charge in [-0.15, -0.1) is 0 Å². The zero-order valence-corrected chi connectivity index (χ0v) is 20.6. The summed E-state index contributed by atoms with van der Waals surface area (Å²) in [5, 5.41) is 4.76. The first-order chi connectivity index (χ1) is 16.5. The quantitative estimate of drug-likeness (QED) is 0.629. The summed E-state index contributed by atoms with van der Waals surface area (Å²) in [6, 6.07) is 3.78. The van der Waals surface area contributed by atoms with Gasteiger partial charge in [0.15, 0.2) is 9.84 Å². The van der Waals surface area contributed by atoms with Crippen LogP contribution in [0.5, 0.6) is 0 Å². The lowest BCUT2D eigenvalue weighted by Gasteiger charge is -2.48. The van der Waals surface area contributed by atoms with E-state index in [1.807, 2.05) is 10.7 Å². The van der Waals surface area contributed by atoms with Crippen molar-refractivity contribution in [3.05, 3.63) is 35.8 Å². The van der Waals surface area contributed by atoms with Crippen molar-refractivity contribution < 1.29 is 21.6 Å². The molecule has 2 aliphatic heterocycles. The van der Waals surface area contributed by atoms with Crippen LogP contribution in [0.2, 0.25) is 0 Å².